The third-order valence-electron chi connectivity index (χ3n) is 8.10. The molecule has 1 aromatic carbocycles. The zero-order valence-corrected chi connectivity index (χ0v) is 22.8. The number of ether oxygens (including phenoxy) is 2. The Bertz CT molecular complexity index is 1260. The van der Waals surface area contributed by atoms with E-state index in [1.54, 1.807) is 0 Å². The largest absolute Gasteiger partial charge is 0.475 e. The number of carbonyl (C=O) groups is 1. The van der Waals surface area contributed by atoms with Crippen molar-refractivity contribution in [2.75, 3.05) is 51.8 Å². The van der Waals surface area contributed by atoms with E-state index >= 15 is 0 Å². The molecule has 7 heteroatoms. The van der Waals surface area contributed by atoms with Crippen molar-refractivity contribution in [3.8, 4) is 0 Å². The molecule has 1 amide bonds. The van der Waals surface area contributed by atoms with Crippen molar-refractivity contribution in [2.24, 2.45) is 10.9 Å². The molecular weight excluding hydrogens is 476 g/mol. The molecule has 1 aliphatic carbocycles. The molecule has 0 saturated carbocycles. The Labute approximate surface area is 225 Å². The number of likely N-dealkylation sites (N-methyl/N-ethyl adjacent to an activating group) is 1. The summed E-state index contributed by atoms with van der Waals surface area (Å²) in [5.74, 6) is 0.417. The summed E-state index contributed by atoms with van der Waals surface area (Å²) in [5, 5.41) is 0. The fraction of sp³-hybridized carbons (Fsp3) is 0.484. The number of rotatable bonds is 3. The van der Waals surface area contributed by atoms with E-state index in [2.05, 4.69) is 88.6 Å². The van der Waals surface area contributed by atoms with Gasteiger partial charge in [0.15, 0.2) is 0 Å². The molecule has 0 spiro atoms. The van der Waals surface area contributed by atoms with Crippen molar-refractivity contribution in [1.82, 2.24) is 9.80 Å². The Kier molecular flexibility index (Phi) is 6.74. The van der Waals surface area contributed by atoms with Crippen LogP contribution < -0.4 is 4.90 Å². The zero-order valence-electron chi connectivity index (χ0n) is 22.8. The SMILES string of the molecule is CC(C)OC1=NC(=O)C2=C1C1CN(CCC(CN(C)C)OCCN3C=C2C2C=CC=CC23)c2ccccc21. The number of amides is 1. The number of anilines is 1. The molecule has 4 unspecified atom stereocenters. The standard InChI is InChI=1S/C31H38N4O3/c1-20(2)38-31-29-25-19-34(26-11-7-6-10-23(25)26)14-13-21(17-33(3)4)37-16-15-35-18-24(28(29)30(36)32-31)22-9-5-8-12-27(22)35/h5-12,18,20-22,25,27H,13-17,19H2,1-4H3. The second-order valence-corrected chi connectivity index (χ2v) is 11.4. The molecule has 7 nitrogen and oxygen atoms in total. The molecule has 200 valence electrons. The van der Waals surface area contributed by atoms with E-state index in [4.69, 9.17) is 9.47 Å². The quantitative estimate of drug-likeness (QED) is 0.610. The van der Waals surface area contributed by atoms with Crippen LogP contribution in [0.15, 0.2) is 76.5 Å². The van der Waals surface area contributed by atoms with Crippen LogP contribution in [-0.2, 0) is 14.3 Å². The summed E-state index contributed by atoms with van der Waals surface area (Å²) in [6.07, 6.45) is 11.9. The average molecular weight is 515 g/mol. The van der Waals surface area contributed by atoms with Crippen LogP contribution in [0, 0.1) is 5.92 Å². The third-order valence-corrected chi connectivity index (χ3v) is 8.10. The molecule has 4 bridgehead atoms. The Morgan fingerprint density at radius 2 is 1.97 bits per heavy atom. The number of allylic oxidation sites excluding steroid dienone is 2. The summed E-state index contributed by atoms with van der Waals surface area (Å²) >= 11 is 0. The predicted molar refractivity (Wildman–Crippen MR) is 150 cm³/mol. The lowest BCUT2D eigenvalue weighted by molar-refractivity contribution is -0.114. The number of aliphatic imine (C=N–C) groups is 1. The number of fused-ring (bicyclic) bond motifs is 11. The summed E-state index contributed by atoms with van der Waals surface area (Å²) in [5.41, 5.74) is 5.18. The van der Waals surface area contributed by atoms with E-state index in [1.165, 1.54) is 11.3 Å². The second-order valence-electron chi connectivity index (χ2n) is 11.4. The Morgan fingerprint density at radius 3 is 2.79 bits per heavy atom. The van der Waals surface area contributed by atoms with Crippen molar-refractivity contribution in [3.05, 3.63) is 77.1 Å². The number of benzene rings is 1. The summed E-state index contributed by atoms with van der Waals surface area (Å²) in [7, 11) is 4.21. The highest BCUT2D eigenvalue weighted by molar-refractivity contribution is 6.19. The maximum Gasteiger partial charge on any atom is 0.281 e. The van der Waals surface area contributed by atoms with Crippen LogP contribution in [0.5, 0.6) is 0 Å². The Balaban J connectivity index is 1.49. The fourth-order valence-corrected chi connectivity index (χ4v) is 6.55. The second kappa shape index (κ2) is 10.2. The maximum atomic E-state index is 13.7. The zero-order chi connectivity index (χ0) is 26.4. The molecule has 6 rings (SSSR count). The highest BCUT2D eigenvalue weighted by Gasteiger charge is 2.45. The topological polar surface area (TPSA) is 57.6 Å². The first-order valence-electron chi connectivity index (χ1n) is 13.9. The van der Waals surface area contributed by atoms with Crippen molar-refractivity contribution in [2.45, 2.75) is 44.4 Å². The lowest BCUT2D eigenvalue weighted by Crippen LogP contribution is -2.37. The summed E-state index contributed by atoms with van der Waals surface area (Å²) < 4.78 is 12.7. The Hall–Kier alpha value is -3.16. The van der Waals surface area contributed by atoms with Crippen LogP contribution >= 0.6 is 0 Å². The van der Waals surface area contributed by atoms with Gasteiger partial charge in [0, 0.05) is 55.5 Å². The lowest BCUT2D eigenvalue weighted by atomic mass is 9.82. The smallest absolute Gasteiger partial charge is 0.281 e. The van der Waals surface area contributed by atoms with Gasteiger partial charge in [-0.15, -0.1) is 0 Å². The molecule has 0 saturated heterocycles. The van der Waals surface area contributed by atoms with Gasteiger partial charge in [0.1, 0.15) is 0 Å². The number of nitrogens with zero attached hydrogens (tertiary/aromatic N) is 4. The number of hydrogen-bond donors (Lipinski definition) is 0. The normalized spacial score (nSPS) is 28.4. The minimum Gasteiger partial charge on any atom is -0.475 e. The molecule has 5 aliphatic rings. The molecule has 4 aliphatic heterocycles. The molecule has 0 N–H and O–H groups in total. The van der Waals surface area contributed by atoms with Crippen LogP contribution in [0.25, 0.3) is 0 Å². The van der Waals surface area contributed by atoms with Gasteiger partial charge in [-0.25, -0.2) is 0 Å². The molecule has 4 atom stereocenters. The van der Waals surface area contributed by atoms with Crippen molar-refractivity contribution in [3.63, 3.8) is 0 Å². The average Bonchev–Trinajstić information content (AvgIpc) is 3.52. The third kappa shape index (κ3) is 4.52. The van der Waals surface area contributed by atoms with Crippen molar-refractivity contribution < 1.29 is 14.3 Å². The van der Waals surface area contributed by atoms with Gasteiger partial charge in [0.25, 0.3) is 5.91 Å². The molecule has 38 heavy (non-hydrogen) atoms. The first kappa shape index (κ1) is 25.1. The van der Waals surface area contributed by atoms with Crippen molar-refractivity contribution in [1.29, 1.82) is 0 Å². The van der Waals surface area contributed by atoms with Crippen LogP contribution in [0.1, 0.15) is 31.7 Å². The first-order valence-corrected chi connectivity index (χ1v) is 13.9. The molecular formula is C31H38N4O3. The summed E-state index contributed by atoms with van der Waals surface area (Å²) in [6, 6.07) is 8.77. The number of para-hydroxylation sites is 1. The highest BCUT2D eigenvalue weighted by Crippen LogP contribution is 2.47. The van der Waals surface area contributed by atoms with Crippen LogP contribution in [0.2, 0.25) is 0 Å². The summed E-state index contributed by atoms with van der Waals surface area (Å²) in [6.45, 7) is 7.97. The first-order chi connectivity index (χ1) is 18.4. The molecule has 0 radical (unpaired) electrons. The van der Waals surface area contributed by atoms with Gasteiger partial charge in [0.2, 0.25) is 5.90 Å². The van der Waals surface area contributed by atoms with Gasteiger partial charge in [-0.1, -0.05) is 42.5 Å². The van der Waals surface area contributed by atoms with E-state index in [0.29, 0.717) is 12.5 Å². The van der Waals surface area contributed by atoms with Crippen LogP contribution in [0.3, 0.4) is 0 Å². The monoisotopic (exact) mass is 514 g/mol. The maximum absolute atomic E-state index is 13.7. The molecule has 1 aromatic rings. The predicted octanol–water partition coefficient (Wildman–Crippen LogP) is 3.91. The number of hydrogen-bond acceptors (Lipinski definition) is 6. The lowest BCUT2D eigenvalue weighted by Gasteiger charge is -2.29. The van der Waals surface area contributed by atoms with E-state index < -0.39 is 0 Å². The van der Waals surface area contributed by atoms with Gasteiger partial charge in [0.05, 0.1) is 30.4 Å². The van der Waals surface area contributed by atoms with Gasteiger partial charge in [-0.2, -0.15) is 4.99 Å². The molecule has 4 heterocycles. The fourth-order valence-electron chi connectivity index (χ4n) is 6.55. The van der Waals surface area contributed by atoms with E-state index in [1.807, 2.05) is 13.8 Å². The van der Waals surface area contributed by atoms with Crippen molar-refractivity contribution >= 4 is 17.5 Å². The molecule has 0 fully saturated rings. The van der Waals surface area contributed by atoms with Gasteiger partial charge in [-0.3, -0.25) is 4.79 Å². The summed E-state index contributed by atoms with van der Waals surface area (Å²) in [4.78, 5) is 25.2. The minimum absolute atomic E-state index is 0.0119. The molecule has 0 aromatic heterocycles. The number of carbonyl (C=O) groups excluding carboxylic acids is 1. The van der Waals surface area contributed by atoms with Gasteiger partial charge in [-0.05, 0) is 51.6 Å². The van der Waals surface area contributed by atoms with Crippen LogP contribution in [0.4, 0.5) is 5.69 Å². The van der Waals surface area contributed by atoms with Crippen LogP contribution in [-0.4, -0.2) is 86.7 Å². The van der Waals surface area contributed by atoms with Gasteiger partial charge < -0.3 is 24.2 Å². The van der Waals surface area contributed by atoms with E-state index in [0.717, 1.165) is 49.3 Å². The highest BCUT2D eigenvalue weighted by atomic mass is 16.5. The van der Waals surface area contributed by atoms with E-state index in [-0.39, 0.29) is 36.0 Å². The van der Waals surface area contributed by atoms with Gasteiger partial charge >= 0.3 is 0 Å². The minimum atomic E-state index is -0.184. The van der Waals surface area contributed by atoms with E-state index in [9.17, 15) is 4.79 Å². The Morgan fingerprint density at radius 1 is 1.16 bits per heavy atom.